The van der Waals surface area contributed by atoms with Crippen LogP contribution in [0, 0.1) is 13.8 Å². The second-order valence-electron chi connectivity index (χ2n) is 4.85. The smallest absolute Gasteiger partial charge is 0.331 e. The summed E-state index contributed by atoms with van der Waals surface area (Å²) in [5.41, 5.74) is -0.336. The maximum Gasteiger partial charge on any atom is 0.331 e. The zero-order valence-electron chi connectivity index (χ0n) is 12.1. The molecule has 1 amide bonds. The lowest BCUT2D eigenvalue weighted by Crippen LogP contribution is -2.52. The minimum Gasteiger partial charge on any atom is -0.467 e. The molecule has 1 heterocycles. The summed E-state index contributed by atoms with van der Waals surface area (Å²) in [5, 5.41) is 2.81. The van der Waals surface area contributed by atoms with Crippen LogP contribution in [-0.4, -0.2) is 24.5 Å². The van der Waals surface area contributed by atoms with E-state index in [1.165, 1.54) is 7.11 Å². The van der Waals surface area contributed by atoms with Crippen molar-refractivity contribution >= 4 is 23.2 Å². The van der Waals surface area contributed by atoms with Gasteiger partial charge in [0, 0.05) is 9.75 Å². The first kappa shape index (κ1) is 15.7. The number of hydrogen-bond acceptors (Lipinski definition) is 4. The first-order valence-corrected chi connectivity index (χ1v) is 7.13. The molecule has 0 aliphatic carbocycles. The number of carbonyl (C=O) groups excluding carboxylic acids is 2. The predicted molar refractivity (Wildman–Crippen MR) is 76.6 cm³/mol. The van der Waals surface area contributed by atoms with Gasteiger partial charge < -0.3 is 10.1 Å². The van der Waals surface area contributed by atoms with Gasteiger partial charge in [0.25, 0.3) is 5.91 Å². The van der Waals surface area contributed by atoms with E-state index in [0.717, 1.165) is 16.2 Å². The summed E-state index contributed by atoms with van der Waals surface area (Å²) < 4.78 is 4.79. The van der Waals surface area contributed by atoms with E-state index >= 15 is 0 Å². The van der Waals surface area contributed by atoms with Gasteiger partial charge in [0.05, 0.1) is 12.7 Å². The maximum atomic E-state index is 12.3. The lowest BCUT2D eigenvalue weighted by molar-refractivity contribution is -0.147. The van der Waals surface area contributed by atoms with E-state index in [-0.39, 0.29) is 5.91 Å². The number of esters is 1. The fourth-order valence-corrected chi connectivity index (χ4v) is 3.04. The molecule has 0 aliphatic rings. The molecule has 0 spiro atoms. The first-order chi connectivity index (χ1) is 8.84. The SMILES string of the molecule is CCCC(C)(NC(=O)c1cc(C)sc1C)C(=O)OC. The van der Waals surface area contributed by atoms with E-state index < -0.39 is 11.5 Å². The van der Waals surface area contributed by atoms with E-state index in [0.29, 0.717) is 12.0 Å². The minimum absolute atomic E-state index is 0.219. The molecule has 106 valence electrons. The summed E-state index contributed by atoms with van der Waals surface area (Å²) in [6.07, 6.45) is 1.33. The van der Waals surface area contributed by atoms with E-state index in [2.05, 4.69) is 5.32 Å². The molecule has 0 radical (unpaired) electrons. The normalized spacial score (nSPS) is 13.7. The highest BCUT2D eigenvalue weighted by molar-refractivity contribution is 7.12. The fraction of sp³-hybridized carbons (Fsp3) is 0.571. The van der Waals surface area contributed by atoms with E-state index in [1.807, 2.05) is 26.8 Å². The van der Waals surface area contributed by atoms with Crippen LogP contribution in [0.4, 0.5) is 0 Å². The maximum absolute atomic E-state index is 12.3. The predicted octanol–water partition coefficient (Wildman–Crippen LogP) is 2.83. The van der Waals surface area contributed by atoms with Gasteiger partial charge >= 0.3 is 5.97 Å². The lowest BCUT2D eigenvalue weighted by atomic mass is 9.95. The van der Waals surface area contributed by atoms with Crippen LogP contribution in [0.3, 0.4) is 0 Å². The molecule has 1 unspecified atom stereocenters. The minimum atomic E-state index is -0.969. The van der Waals surface area contributed by atoms with Gasteiger partial charge in [-0.1, -0.05) is 13.3 Å². The van der Waals surface area contributed by atoms with Crippen LogP contribution in [0.25, 0.3) is 0 Å². The highest BCUT2D eigenvalue weighted by Gasteiger charge is 2.35. The van der Waals surface area contributed by atoms with Crippen LogP contribution in [0.15, 0.2) is 6.07 Å². The number of ether oxygens (including phenoxy) is 1. The van der Waals surface area contributed by atoms with Crippen LogP contribution < -0.4 is 5.32 Å². The van der Waals surface area contributed by atoms with Crippen LogP contribution in [-0.2, 0) is 9.53 Å². The average molecular weight is 283 g/mol. The van der Waals surface area contributed by atoms with Gasteiger partial charge in [0.1, 0.15) is 5.54 Å². The Morgan fingerprint density at radius 2 is 2.05 bits per heavy atom. The molecule has 1 aromatic rings. The van der Waals surface area contributed by atoms with Crippen molar-refractivity contribution in [1.82, 2.24) is 5.32 Å². The number of rotatable bonds is 5. The summed E-state index contributed by atoms with van der Waals surface area (Å²) in [5.74, 6) is -0.629. The Morgan fingerprint density at radius 1 is 1.42 bits per heavy atom. The zero-order chi connectivity index (χ0) is 14.6. The molecule has 0 fully saturated rings. The molecular formula is C14H21NO3S. The summed E-state index contributed by atoms with van der Waals surface area (Å²) in [6, 6.07) is 1.85. The third kappa shape index (κ3) is 3.56. The summed E-state index contributed by atoms with van der Waals surface area (Å²) in [6.45, 7) is 7.53. The van der Waals surface area contributed by atoms with E-state index in [1.54, 1.807) is 18.3 Å². The summed E-state index contributed by atoms with van der Waals surface area (Å²) in [4.78, 5) is 26.2. The standard InChI is InChI=1S/C14H21NO3S/c1-6-7-14(4,13(17)18-5)15-12(16)11-8-9(2)19-10(11)3/h8H,6-7H2,1-5H3,(H,15,16). The largest absolute Gasteiger partial charge is 0.467 e. The average Bonchev–Trinajstić information content (AvgIpc) is 2.67. The van der Waals surface area contributed by atoms with Gasteiger partial charge in [-0.25, -0.2) is 4.79 Å². The van der Waals surface area contributed by atoms with Gasteiger partial charge in [-0.2, -0.15) is 0 Å². The number of amides is 1. The quantitative estimate of drug-likeness (QED) is 0.845. The lowest BCUT2D eigenvalue weighted by Gasteiger charge is -2.27. The van der Waals surface area contributed by atoms with E-state index in [9.17, 15) is 9.59 Å². The van der Waals surface area contributed by atoms with Crippen molar-refractivity contribution in [1.29, 1.82) is 0 Å². The van der Waals surface area contributed by atoms with Crippen LogP contribution in [0.2, 0.25) is 0 Å². The number of aryl methyl sites for hydroxylation is 2. The van der Waals surface area contributed by atoms with Crippen molar-refractivity contribution in [2.45, 2.75) is 46.1 Å². The monoisotopic (exact) mass is 283 g/mol. The Balaban J connectivity index is 2.94. The van der Waals surface area contributed by atoms with Crippen molar-refractivity contribution in [3.63, 3.8) is 0 Å². The number of hydrogen-bond donors (Lipinski definition) is 1. The topological polar surface area (TPSA) is 55.4 Å². The first-order valence-electron chi connectivity index (χ1n) is 6.32. The Labute approximate surface area is 118 Å². The Hall–Kier alpha value is -1.36. The van der Waals surface area contributed by atoms with Crippen molar-refractivity contribution in [2.75, 3.05) is 7.11 Å². The molecule has 19 heavy (non-hydrogen) atoms. The molecule has 1 N–H and O–H groups in total. The molecule has 1 aromatic heterocycles. The molecule has 0 aromatic carbocycles. The Bertz CT molecular complexity index is 481. The molecule has 0 bridgehead atoms. The third-order valence-corrected chi connectivity index (χ3v) is 4.03. The van der Waals surface area contributed by atoms with E-state index in [4.69, 9.17) is 4.74 Å². The second-order valence-corrected chi connectivity index (χ2v) is 6.32. The molecule has 0 saturated carbocycles. The van der Waals surface area contributed by atoms with Gasteiger partial charge in [-0.05, 0) is 33.3 Å². The molecule has 0 saturated heterocycles. The molecule has 4 nitrogen and oxygen atoms in total. The second kappa shape index (κ2) is 6.19. The van der Waals surface area contributed by atoms with Crippen molar-refractivity contribution < 1.29 is 14.3 Å². The third-order valence-electron chi connectivity index (χ3n) is 3.06. The summed E-state index contributed by atoms with van der Waals surface area (Å²) in [7, 11) is 1.34. The van der Waals surface area contributed by atoms with Crippen LogP contribution >= 0.6 is 11.3 Å². The number of methoxy groups -OCH3 is 1. The number of carbonyl (C=O) groups is 2. The zero-order valence-corrected chi connectivity index (χ0v) is 12.9. The molecular weight excluding hydrogens is 262 g/mol. The number of nitrogens with one attached hydrogen (secondary N) is 1. The summed E-state index contributed by atoms with van der Waals surface area (Å²) >= 11 is 1.57. The van der Waals surface area contributed by atoms with Crippen molar-refractivity contribution in [2.24, 2.45) is 0 Å². The van der Waals surface area contributed by atoms with Gasteiger partial charge in [-0.15, -0.1) is 11.3 Å². The highest BCUT2D eigenvalue weighted by Crippen LogP contribution is 2.22. The van der Waals surface area contributed by atoms with Crippen molar-refractivity contribution in [3.8, 4) is 0 Å². The van der Waals surface area contributed by atoms with Gasteiger partial charge in [0.2, 0.25) is 0 Å². The van der Waals surface area contributed by atoms with Gasteiger partial charge in [0.15, 0.2) is 0 Å². The van der Waals surface area contributed by atoms with Crippen molar-refractivity contribution in [3.05, 3.63) is 21.4 Å². The Morgan fingerprint density at radius 3 is 2.47 bits per heavy atom. The Kier molecular flexibility index (Phi) is 5.11. The van der Waals surface area contributed by atoms with Gasteiger partial charge in [-0.3, -0.25) is 4.79 Å². The van der Waals surface area contributed by atoms with Crippen LogP contribution in [0.5, 0.6) is 0 Å². The molecule has 0 aliphatic heterocycles. The highest BCUT2D eigenvalue weighted by atomic mass is 32.1. The van der Waals surface area contributed by atoms with Crippen LogP contribution in [0.1, 0.15) is 46.8 Å². The fourth-order valence-electron chi connectivity index (χ4n) is 2.12. The molecule has 1 atom stereocenters. The molecule has 5 heteroatoms. The number of thiophene rings is 1. The molecule has 1 rings (SSSR count).